The van der Waals surface area contributed by atoms with Gasteiger partial charge in [-0.3, -0.25) is 9.52 Å². The minimum Gasteiger partial charge on any atom is -0.506 e. The fourth-order valence-corrected chi connectivity index (χ4v) is 6.32. The maximum Gasteiger partial charge on any atom is 0.229 e. The third-order valence-electron chi connectivity index (χ3n) is 4.67. The molecule has 1 rings (SSSR count). The van der Waals surface area contributed by atoms with Crippen molar-refractivity contribution in [3.8, 4) is 5.75 Å². The molecular formula is C17H30N2O5SSi. The average Bonchev–Trinajstić information content (AvgIpc) is 2.56. The molecule has 1 atom stereocenters. The van der Waals surface area contributed by atoms with Gasteiger partial charge in [-0.2, -0.15) is 0 Å². The summed E-state index contributed by atoms with van der Waals surface area (Å²) in [6.07, 6.45) is 1.22. The maximum atomic E-state index is 11.5. The van der Waals surface area contributed by atoms with Crippen molar-refractivity contribution >= 4 is 29.9 Å². The summed E-state index contributed by atoms with van der Waals surface area (Å²) < 4.78 is 31.8. The predicted molar refractivity (Wildman–Crippen MR) is 106 cm³/mol. The molecule has 0 saturated carbocycles. The minimum absolute atomic E-state index is 0.0921. The SMILES string of the molecule is CC[Si](CC)(CC)O[C@H](CCC(N)=O)c1ccc(O)c(NS(C)(=O)=O)c1. The second-order valence-corrected chi connectivity index (χ2v) is 13.0. The zero-order valence-corrected chi connectivity index (χ0v) is 17.7. The third-order valence-corrected chi connectivity index (χ3v) is 9.91. The van der Waals surface area contributed by atoms with Gasteiger partial charge >= 0.3 is 0 Å². The van der Waals surface area contributed by atoms with Crippen LogP contribution in [0, 0.1) is 0 Å². The number of primary amides is 1. The molecule has 1 aromatic rings. The zero-order chi connectivity index (χ0) is 20.0. The van der Waals surface area contributed by atoms with Gasteiger partial charge in [-0.05, 0) is 42.2 Å². The third kappa shape index (κ3) is 6.62. The first-order valence-corrected chi connectivity index (χ1v) is 13.2. The lowest BCUT2D eigenvalue weighted by molar-refractivity contribution is -0.118. The van der Waals surface area contributed by atoms with E-state index in [1.54, 1.807) is 12.1 Å². The number of hydrogen-bond acceptors (Lipinski definition) is 5. The Morgan fingerprint density at radius 3 is 2.31 bits per heavy atom. The largest absolute Gasteiger partial charge is 0.506 e. The minimum atomic E-state index is -3.53. The van der Waals surface area contributed by atoms with Crippen LogP contribution in [0.3, 0.4) is 0 Å². The number of carbonyl (C=O) groups is 1. The van der Waals surface area contributed by atoms with Crippen LogP contribution in [0.25, 0.3) is 0 Å². The molecule has 0 heterocycles. The van der Waals surface area contributed by atoms with Crippen molar-refractivity contribution in [1.29, 1.82) is 0 Å². The summed E-state index contributed by atoms with van der Waals surface area (Å²) in [6, 6.07) is 7.51. The summed E-state index contributed by atoms with van der Waals surface area (Å²) >= 11 is 0. The number of phenolic OH excluding ortho intramolecular Hbond substituents is 1. The van der Waals surface area contributed by atoms with Crippen LogP contribution >= 0.6 is 0 Å². The Balaban J connectivity index is 3.25. The topological polar surface area (TPSA) is 119 Å². The highest BCUT2D eigenvalue weighted by atomic mass is 32.2. The second-order valence-electron chi connectivity index (χ2n) is 6.51. The van der Waals surface area contributed by atoms with E-state index in [-0.39, 0.29) is 24.0 Å². The van der Waals surface area contributed by atoms with Gasteiger partial charge in [0.15, 0.2) is 8.32 Å². The van der Waals surface area contributed by atoms with Crippen LogP contribution in [0.2, 0.25) is 18.1 Å². The van der Waals surface area contributed by atoms with E-state index < -0.39 is 24.2 Å². The van der Waals surface area contributed by atoms with Gasteiger partial charge in [-0.1, -0.05) is 26.8 Å². The zero-order valence-electron chi connectivity index (χ0n) is 15.9. The number of rotatable bonds is 11. The number of aromatic hydroxyl groups is 1. The molecule has 0 aliphatic rings. The molecular weight excluding hydrogens is 372 g/mol. The summed E-state index contributed by atoms with van der Waals surface area (Å²) in [6.45, 7) is 6.33. The number of anilines is 1. The van der Waals surface area contributed by atoms with Crippen molar-refractivity contribution in [2.45, 2.75) is 57.8 Å². The van der Waals surface area contributed by atoms with Crippen molar-refractivity contribution in [3.63, 3.8) is 0 Å². The van der Waals surface area contributed by atoms with Gasteiger partial charge in [0.25, 0.3) is 0 Å². The molecule has 0 aromatic heterocycles. The van der Waals surface area contributed by atoms with E-state index in [0.29, 0.717) is 12.0 Å². The first kappa shape index (κ1) is 22.5. The highest BCUT2D eigenvalue weighted by molar-refractivity contribution is 7.92. The number of nitrogens with two attached hydrogens (primary N) is 1. The molecule has 0 aliphatic carbocycles. The highest BCUT2D eigenvalue weighted by Crippen LogP contribution is 2.35. The van der Waals surface area contributed by atoms with Crippen LogP contribution in [0.4, 0.5) is 5.69 Å². The molecule has 1 aromatic carbocycles. The van der Waals surface area contributed by atoms with Crippen molar-refractivity contribution < 1.29 is 22.7 Å². The summed E-state index contributed by atoms with van der Waals surface area (Å²) in [5.74, 6) is -0.582. The van der Waals surface area contributed by atoms with Crippen LogP contribution in [-0.2, 0) is 19.2 Å². The van der Waals surface area contributed by atoms with Gasteiger partial charge in [0.05, 0.1) is 18.0 Å². The molecule has 9 heteroatoms. The number of amides is 1. The van der Waals surface area contributed by atoms with E-state index in [1.807, 2.05) is 0 Å². The average molecular weight is 403 g/mol. The Hall–Kier alpha value is -1.58. The summed E-state index contributed by atoms with van der Waals surface area (Å²) in [4.78, 5) is 11.3. The fourth-order valence-electron chi connectivity index (χ4n) is 2.90. The van der Waals surface area contributed by atoms with E-state index in [2.05, 4.69) is 25.5 Å². The molecule has 4 N–H and O–H groups in total. The lowest BCUT2D eigenvalue weighted by atomic mass is 10.0. The van der Waals surface area contributed by atoms with Crippen molar-refractivity contribution in [3.05, 3.63) is 23.8 Å². The molecule has 0 bridgehead atoms. The summed E-state index contributed by atoms with van der Waals surface area (Å²) in [7, 11) is -5.50. The summed E-state index contributed by atoms with van der Waals surface area (Å²) in [5, 5.41) is 9.94. The molecule has 1 amide bonds. The Kier molecular flexibility index (Phi) is 8.10. The predicted octanol–water partition coefficient (Wildman–Crippen LogP) is 3.09. The molecule has 26 heavy (non-hydrogen) atoms. The van der Waals surface area contributed by atoms with Gasteiger partial charge in [0, 0.05) is 6.42 Å². The molecule has 0 fully saturated rings. The Labute approximate surface area is 157 Å². The van der Waals surface area contributed by atoms with Crippen molar-refractivity contribution in [1.82, 2.24) is 0 Å². The van der Waals surface area contributed by atoms with Gasteiger partial charge in [-0.25, -0.2) is 8.42 Å². The molecule has 0 unspecified atom stereocenters. The smallest absolute Gasteiger partial charge is 0.229 e. The van der Waals surface area contributed by atoms with Gasteiger partial charge in [-0.15, -0.1) is 0 Å². The van der Waals surface area contributed by atoms with Crippen LogP contribution in [0.5, 0.6) is 5.75 Å². The van der Waals surface area contributed by atoms with E-state index in [4.69, 9.17) is 10.2 Å². The maximum absolute atomic E-state index is 11.5. The monoisotopic (exact) mass is 402 g/mol. The fraction of sp³-hybridized carbons (Fsp3) is 0.588. The lowest BCUT2D eigenvalue weighted by Gasteiger charge is -2.33. The van der Waals surface area contributed by atoms with Crippen molar-refractivity contribution in [2.75, 3.05) is 11.0 Å². The first-order chi connectivity index (χ1) is 12.1. The van der Waals surface area contributed by atoms with E-state index in [0.717, 1.165) is 24.4 Å². The number of sulfonamides is 1. The van der Waals surface area contributed by atoms with Crippen LogP contribution in [0.1, 0.15) is 45.3 Å². The second kappa shape index (κ2) is 9.38. The number of nitrogens with one attached hydrogen (secondary N) is 1. The Morgan fingerprint density at radius 2 is 1.85 bits per heavy atom. The molecule has 0 spiro atoms. The van der Waals surface area contributed by atoms with Crippen molar-refractivity contribution in [2.24, 2.45) is 5.73 Å². The van der Waals surface area contributed by atoms with Gasteiger partial charge in [0.2, 0.25) is 15.9 Å². The van der Waals surface area contributed by atoms with Gasteiger partial charge < -0.3 is 15.3 Å². The summed E-state index contributed by atoms with van der Waals surface area (Å²) in [5.41, 5.74) is 6.11. The van der Waals surface area contributed by atoms with Crippen LogP contribution in [0.15, 0.2) is 18.2 Å². The Morgan fingerprint density at radius 1 is 1.27 bits per heavy atom. The van der Waals surface area contributed by atoms with E-state index in [9.17, 15) is 18.3 Å². The quantitative estimate of drug-likeness (QED) is 0.388. The highest BCUT2D eigenvalue weighted by Gasteiger charge is 2.33. The standard InChI is InChI=1S/C17H30N2O5SSi/c1-5-26(6-2,7-3)24-16(10-11-17(18)21)13-8-9-15(20)14(12-13)19-25(4,22)23/h8-9,12,16,19-20H,5-7,10-11H2,1-4H3,(H2,18,21)/t16-/m1/s1. The van der Waals surface area contributed by atoms with Crippen LogP contribution < -0.4 is 10.5 Å². The van der Waals surface area contributed by atoms with E-state index >= 15 is 0 Å². The molecule has 0 radical (unpaired) electrons. The number of hydrogen-bond donors (Lipinski definition) is 3. The normalized spacial score (nSPS) is 13.4. The van der Waals surface area contributed by atoms with Crippen LogP contribution in [-0.4, -0.2) is 34.0 Å². The first-order valence-electron chi connectivity index (χ1n) is 8.82. The molecule has 0 aliphatic heterocycles. The Bertz CT molecular complexity index is 712. The molecule has 148 valence electrons. The number of phenols is 1. The molecule has 7 nitrogen and oxygen atoms in total. The number of carbonyl (C=O) groups excluding carboxylic acids is 1. The molecule has 0 saturated heterocycles. The lowest BCUT2D eigenvalue weighted by Crippen LogP contribution is -2.37. The number of benzene rings is 1. The van der Waals surface area contributed by atoms with Gasteiger partial charge in [0.1, 0.15) is 5.75 Å². The van der Waals surface area contributed by atoms with E-state index in [1.165, 1.54) is 6.07 Å².